The summed E-state index contributed by atoms with van der Waals surface area (Å²) in [5.74, 6) is 0.736. The Bertz CT molecular complexity index is 518. The number of amides is 1. The van der Waals surface area contributed by atoms with E-state index in [2.05, 4.69) is 11.4 Å². The van der Waals surface area contributed by atoms with Crippen molar-refractivity contribution in [2.45, 2.75) is 31.2 Å². The zero-order valence-electron chi connectivity index (χ0n) is 13.0. The Hall–Kier alpha value is -2.06. The van der Waals surface area contributed by atoms with Crippen molar-refractivity contribution in [2.75, 3.05) is 26.7 Å². The summed E-state index contributed by atoms with van der Waals surface area (Å²) in [5, 5.41) is 12.2. The topological polar surface area (TPSA) is 65.4 Å². The van der Waals surface area contributed by atoms with Crippen molar-refractivity contribution in [3.63, 3.8) is 0 Å². The van der Waals surface area contributed by atoms with Crippen LogP contribution in [0.25, 0.3) is 0 Å². The number of ether oxygens (including phenoxy) is 1. The van der Waals surface area contributed by atoms with Gasteiger partial charge in [0, 0.05) is 6.54 Å². The molecule has 0 atom stereocenters. The monoisotopic (exact) mass is 301 g/mol. The van der Waals surface area contributed by atoms with E-state index in [1.807, 2.05) is 42.3 Å². The maximum atomic E-state index is 12.1. The summed E-state index contributed by atoms with van der Waals surface area (Å²) in [6.07, 6.45) is 3.54. The lowest BCUT2D eigenvalue weighted by atomic mass is 10.00. The van der Waals surface area contributed by atoms with Gasteiger partial charge in [0.2, 0.25) is 5.91 Å². The average molecular weight is 301 g/mol. The summed E-state index contributed by atoms with van der Waals surface area (Å²) < 4.78 is 5.61. The number of nitriles is 1. The summed E-state index contributed by atoms with van der Waals surface area (Å²) in [6.45, 7) is 1.46. The van der Waals surface area contributed by atoms with E-state index in [9.17, 15) is 10.1 Å². The van der Waals surface area contributed by atoms with Crippen molar-refractivity contribution in [1.29, 1.82) is 5.26 Å². The maximum absolute atomic E-state index is 12.1. The number of carbonyl (C=O) groups excluding carboxylic acids is 1. The van der Waals surface area contributed by atoms with Crippen molar-refractivity contribution in [2.24, 2.45) is 0 Å². The summed E-state index contributed by atoms with van der Waals surface area (Å²) in [4.78, 5) is 14.0. The number of para-hydroxylation sites is 1. The van der Waals surface area contributed by atoms with E-state index < -0.39 is 5.54 Å². The molecule has 5 heteroatoms. The molecule has 1 aliphatic rings. The molecule has 1 fully saturated rings. The Kier molecular flexibility index (Phi) is 5.79. The van der Waals surface area contributed by atoms with Gasteiger partial charge in [0.05, 0.1) is 12.6 Å². The zero-order valence-corrected chi connectivity index (χ0v) is 13.0. The molecule has 0 bridgehead atoms. The molecule has 0 aromatic heterocycles. The van der Waals surface area contributed by atoms with Crippen molar-refractivity contribution >= 4 is 5.91 Å². The molecule has 1 amide bonds. The number of nitrogens with zero attached hydrogens (tertiary/aromatic N) is 2. The van der Waals surface area contributed by atoms with Crippen LogP contribution in [-0.2, 0) is 4.79 Å². The van der Waals surface area contributed by atoms with E-state index in [0.29, 0.717) is 13.2 Å². The van der Waals surface area contributed by atoms with Crippen LogP contribution in [0.5, 0.6) is 5.75 Å². The van der Waals surface area contributed by atoms with Crippen LogP contribution in [0.2, 0.25) is 0 Å². The molecule has 0 aliphatic heterocycles. The number of carbonyl (C=O) groups is 1. The van der Waals surface area contributed by atoms with Crippen molar-refractivity contribution in [3.05, 3.63) is 30.3 Å². The molecule has 1 aliphatic carbocycles. The summed E-state index contributed by atoms with van der Waals surface area (Å²) >= 11 is 0. The van der Waals surface area contributed by atoms with Crippen LogP contribution in [-0.4, -0.2) is 43.1 Å². The second-order valence-corrected chi connectivity index (χ2v) is 5.85. The van der Waals surface area contributed by atoms with Crippen LogP contribution in [0.4, 0.5) is 0 Å². The summed E-state index contributed by atoms with van der Waals surface area (Å²) in [5.41, 5.74) is -0.640. The van der Waals surface area contributed by atoms with Crippen LogP contribution in [0.15, 0.2) is 30.3 Å². The van der Waals surface area contributed by atoms with Gasteiger partial charge in [-0.25, -0.2) is 0 Å². The Labute approximate surface area is 131 Å². The lowest BCUT2D eigenvalue weighted by Crippen LogP contribution is -2.48. The van der Waals surface area contributed by atoms with Gasteiger partial charge >= 0.3 is 0 Å². The number of likely N-dealkylation sites (N-methyl/N-ethyl adjacent to an activating group) is 1. The first kappa shape index (κ1) is 16.3. The van der Waals surface area contributed by atoms with Gasteiger partial charge in [0.25, 0.3) is 0 Å². The van der Waals surface area contributed by atoms with Gasteiger partial charge in [-0.15, -0.1) is 0 Å². The Balaban J connectivity index is 1.69. The molecule has 0 spiro atoms. The smallest absolute Gasteiger partial charge is 0.235 e. The maximum Gasteiger partial charge on any atom is 0.235 e. The minimum absolute atomic E-state index is 0.0920. The fourth-order valence-corrected chi connectivity index (χ4v) is 2.71. The van der Waals surface area contributed by atoms with E-state index in [4.69, 9.17) is 4.74 Å². The van der Waals surface area contributed by atoms with Crippen molar-refractivity contribution in [3.8, 4) is 11.8 Å². The van der Waals surface area contributed by atoms with Crippen molar-refractivity contribution in [1.82, 2.24) is 10.2 Å². The molecule has 1 aromatic rings. The average Bonchev–Trinajstić information content (AvgIpc) is 2.97. The van der Waals surface area contributed by atoms with Crippen LogP contribution < -0.4 is 10.1 Å². The van der Waals surface area contributed by atoms with Crippen molar-refractivity contribution < 1.29 is 9.53 Å². The molecular weight excluding hydrogens is 278 g/mol. The highest BCUT2D eigenvalue weighted by atomic mass is 16.5. The highest BCUT2D eigenvalue weighted by Gasteiger charge is 2.35. The van der Waals surface area contributed by atoms with E-state index in [-0.39, 0.29) is 12.5 Å². The molecule has 1 N–H and O–H groups in total. The van der Waals surface area contributed by atoms with Gasteiger partial charge in [0.15, 0.2) is 0 Å². The van der Waals surface area contributed by atoms with Crippen LogP contribution in [0, 0.1) is 11.3 Å². The third-order valence-electron chi connectivity index (χ3n) is 3.95. The van der Waals surface area contributed by atoms with Crippen LogP contribution in [0.1, 0.15) is 25.7 Å². The van der Waals surface area contributed by atoms with Crippen LogP contribution >= 0.6 is 0 Å². The third-order valence-corrected chi connectivity index (χ3v) is 3.95. The Morgan fingerprint density at radius 3 is 2.68 bits per heavy atom. The molecule has 1 saturated carbocycles. The van der Waals surface area contributed by atoms with Gasteiger partial charge in [-0.3, -0.25) is 9.69 Å². The Morgan fingerprint density at radius 1 is 1.36 bits per heavy atom. The molecule has 22 heavy (non-hydrogen) atoms. The predicted molar refractivity (Wildman–Crippen MR) is 84.4 cm³/mol. The molecule has 0 saturated heterocycles. The molecule has 2 rings (SSSR count). The zero-order chi connectivity index (χ0) is 15.8. The van der Waals surface area contributed by atoms with Gasteiger partial charge in [-0.2, -0.15) is 5.26 Å². The lowest BCUT2D eigenvalue weighted by Gasteiger charge is -2.24. The van der Waals surface area contributed by atoms with Gasteiger partial charge < -0.3 is 10.1 Å². The number of hydrogen-bond donors (Lipinski definition) is 1. The standard InChI is InChI=1S/C17H23N3O2/c1-20(11-12-22-15-7-3-2-4-8-15)13-16(21)19-17(14-18)9-5-6-10-17/h2-4,7-8H,5-6,9-13H2,1H3,(H,19,21). The quantitative estimate of drug-likeness (QED) is 0.836. The first-order chi connectivity index (χ1) is 10.6. The van der Waals surface area contributed by atoms with Gasteiger partial charge in [-0.05, 0) is 44.9 Å². The first-order valence-electron chi connectivity index (χ1n) is 7.72. The number of benzene rings is 1. The minimum atomic E-state index is -0.640. The molecular formula is C17H23N3O2. The van der Waals surface area contributed by atoms with Crippen LogP contribution in [0.3, 0.4) is 0 Å². The Morgan fingerprint density at radius 2 is 2.05 bits per heavy atom. The van der Waals surface area contributed by atoms with E-state index in [0.717, 1.165) is 31.4 Å². The lowest BCUT2D eigenvalue weighted by molar-refractivity contribution is -0.123. The predicted octanol–water partition coefficient (Wildman–Crippen LogP) is 1.95. The number of nitrogens with one attached hydrogen (secondary N) is 1. The molecule has 118 valence electrons. The van der Waals surface area contributed by atoms with Gasteiger partial charge in [0.1, 0.15) is 17.9 Å². The molecule has 0 heterocycles. The molecule has 5 nitrogen and oxygen atoms in total. The fourth-order valence-electron chi connectivity index (χ4n) is 2.71. The normalized spacial score (nSPS) is 16.2. The highest BCUT2D eigenvalue weighted by molar-refractivity contribution is 5.79. The number of hydrogen-bond acceptors (Lipinski definition) is 4. The van der Waals surface area contributed by atoms with E-state index in [1.165, 1.54) is 0 Å². The molecule has 1 aromatic carbocycles. The highest BCUT2D eigenvalue weighted by Crippen LogP contribution is 2.28. The largest absolute Gasteiger partial charge is 0.492 e. The second-order valence-electron chi connectivity index (χ2n) is 5.85. The summed E-state index contributed by atoms with van der Waals surface area (Å²) in [7, 11) is 1.88. The third kappa shape index (κ3) is 4.74. The molecule has 0 unspecified atom stereocenters. The molecule has 0 radical (unpaired) electrons. The van der Waals surface area contributed by atoms with E-state index >= 15 is 0 Å². The van der Waals surface area contributed by atoms with Gasteiger partial charge in [-0.1, -0.05) is 18.2 Å². The minimum Gasteiger partial charge on any atom is -0.492 e. The van der Waals surface area contributed by atoms with E-state index in [1.54, 1.807) is 0 Å². The first-order valence-corrected chi connectivity index (χ1v) is 7.72. The second kappa shape index (κ2) is 7.81. The summed E-state index contributed by atoms with van der Waals surface area (Å²) in [6, 6.07) is 11.9. The SMILES string of the molecule is CN(CCOc1ccccc1)CC(=O)NC1(C#N)CCCC1. The number of rotatable bonds is 7. The fraction of sp³-hybridized carbons (Fsp3) is 0.529.